The molecule has 0 aliphatic carbocycles. The number of amides is 1. The van der Waals surface area contributed by atoms with Crippen LogP contribution in [0, 0.1) is 6.92 Å². The molecular weight excluding hydrogens is 246 g/mol. The first kappa shape index (κ1) is 17.1. The molecule has 1 aromatic rings. The van der Waals surface area contributed by atoms with Crippen molar-refractivity contribution in [3.63, 3.8) is 0 Å². The first-order valence-corrected chi connectivity index (χ1v) is 6.14. The monoisotopic (exact) mass is 267 g/mol. The van der Waals surface area contributed by atoms with Crippen LogP contribution < -0.4 is 5.32 Å². The van der Waals surface area contributed by atoms with E-state index in [0.29, 0.717) is 5.56 Å². The molecule has 0 bridgehead atoms. The maximum Gasteiger partial charge on any atom is 0.330 e. The Kier molecular flexibility index (Phi) is 8.20. The molecule has 0 aromatic heterocycles. The molecule has 0 aliphatic heterocycles. The van der Waals surface area contributed by atoms with Gasteiger partial charge in [0.1, 0.15) is 0 Å². The van der Waals surface area contributed by atoms with E-state index in [-0.39, 0.29) is 0 Å². The molecule has 106 valence electrons. The van der Waals surface area contributed by atoms with Crippen LogP contribution in [0.15, 0.2) is 24.3 Å². The zero-order valence-electron chi connectivity index (χ0n) is 11.8. The smallest absolute Gasteiger partial charge is 0.330 e. The van der Waals surface area contributed by atoms with Gasteiger partial charge in [0.15, 0.2) is 6.04 Å². The van der Waals surface area contributed by atoms with Crippen molar-refractivity contribution in [3.05, 3.63) is 35.4 Å². The van der Waals surface area contributed by atoms with Crippen molar-refractivity contribution in [1.82, 2.24) is 5.32 Å². The predicted molar refractivity (Wildman–Crippen MR) is 72.9 cm³/mol. The highest BCUT2D eigenvalue weighted by Gasteiger charge is 2.20. The van der Waals surface area contributed by atoms with Crippen molar-refractivity contribution in [2.45, 2.75) is 26.8 Å². The van der Waals surface area contributed by atoms with E-state index in [4.69, 9.17) is 5.11 Å². The number of aliphatic hydroxyl groups is 1. The van der Waals surface area contributed by atoms with Crippen molar-refractivity contribution >= 4 is 11.9 Å². The third kappa shape index (κ3) is 5.52. The highest BCUT2D eigenvalue weighted by atomic mass is 16.5. The fraction of sp³-hybridized carbons (Fsp3) is 0.429. The molecule has 0 radical (unpaired) electrons. The Bertz CT molecular complexity index is 400. The van der Waals surface area contributed by atoms with Gasteiger partial charge in [0, 0.05) is 5.56 Å². The van der Waals surface area contributed by atoms with E-state index in [9.17, 15) is 9.59 Å². The van der Waals surface area contributed by atoms with Crippen LogP contribution in [0.1, 0.15) is 29.8 Å². The van der Waals surface area contributed by atoms with Gasteiger partial charge in [0.2, 0.25) is 0 Å². The predicted octanol–water partition coefficient (Wildman–Crippen LogP) is 1.28. The van der Waals surface area contributed by atoms with E-state index in [1.54, 1.807) is 24.3 Å². The number of aryl methyl sites for hydroxylation is 1. The normalized spacial score (nSPS) is 10.8. The zero-order valence-corrected chi connectivity index (χ0v) is 11.8. The number of benzene rings is 1. The van der Waals surface area contributed by atoms with Crippen molar-refractivity contribution in [3.8, 4) is 0 Å². The summed E-state index contributed by atoms with van der Waals surface area (Å²) in [6, 6.07) is 5.85. The summed E-state index contributed by atoms with van der Waals surface area (Å²) in [6.07, 6.45) is 0. The van der Waals surface area contributed by atoms with Gasteiger partial charge < -0.3 is 15.2 Å². The Morgan fingerprint density at radius 1 is 1.26 bits per heavy atom. The molecule has 1 unspecified atom stereocenters. The maximum absolute atomic E-state index is 11.7. The van der Waals surface area contributed by atoms with Crippen LogP contribution in [0.2, 0.25) is 0 Å². The van der Waals surface area contributed by atoms with Crippen molar-refractivity contribution in [1.29, 1.82) is 0 Å². The third-order valence-electron chi connectivity index (χ3n) is 2.29. The van der Waals surface area contributed by atoms with Gasteiger partial charge in [-0.2, -0.15) is 0 Å². The van der Waals surface area contributed by atoms with Gasteiger partial charge in [-0.15, -0.1) is 0 Å². The summed E-state index contributed by atoms with van der Waals surface area (Å²) in [5.74, 6) is -1.09. The first-order chi connectivity index (χ1) is 9.08. The number of hydrogen-bond acceptors (Lipinski definition) is 4. The Hall–Kier alpha value is -1.88. The number of nitrogens with one attached hydrogen (secondary N) is 1. The highest BCUT2D eigenvalue weighted by Crippen LogP contribution is 2.03. The van der Waals surface area contributed by atoms with Crippen molar-refractivity contribution in [2.75, 3.05) is 13.7 Å². The number of ether oxygens (including phenoxy) is 1. The van der Waals surface area contributed by atoms with Crippen molar-refractivity contribution in [2.24, 2.45) is 0 Å². The fourth-order valence-corrected chi connectivity index (χ4v) is 1.27. The molecule has 1 atom stereocenters. The van der Waals surface area contributed by atoms with Gasteiger partial charge >= 0.3 is 5.97 Å². The minimum absolute atomic E-state index is 0.422. The Morgan fingerprint density at radius 3 is 2.21 bits per heavy atom. The minimum Gasteiger partial charge on any atom is -0.467 e. The molecule has 0 heterocycles. The molecule has 0 saturated carbocycles. The van der Waals surface area contributed by atoms with Crippen molar-refractivity contribution < 1.29 is 19.4 Å². The van der Waals surface area contributed by atoms with Gasteiger partial charge in [-0.1, -0.05) is 31.5 Å². The molecule has 0 aliphatic rings. The maximum atomic E-state index is 11.7. The van der Waals surface area contributed by atoms with E-state index in [1.807, 2.05) is 20.8 Å². The van der Waals surface area contributed by atoms with Gasteiger partial charge in [0.25, 0.3) is 5.91 Å². The van der Waals surface area contributed by atoms with Crippen LogP contribution in [0.25, 0.3) is 0 Å². The van der Waals surface area contributed by atoms with E-state index < -0.39 is 24.5 Å². The average Bonchev–Trinajstić information content (AvgIpc) is 2.46. The number of methoxy groups -OCH3 is 1. The molecule has 1 aromatic carbocycles. The molecule has 2 N–H and O–H groups in total. The molecule has 1 amide bonds. The Morgan fingerprint density at radius 2 is 1.79 bits per heavy atom. The topological polar surface area (TPSA) is 75.6 Å². The molecule has 5 heteroatoms. The van der Waals surface area contributed by atoms with Crippen LogP contribution in [0.3, 0.4) is 0 Å². The first-order valence-electron chi connectivity index (χ1n) is 6.14. The molecule has 1 rings (SSSR count). The quantitative estimate of drug-likeness (QED) is 0.806. The molecular formula is C14H21NO4. The molecule has 0 saturated heterocycles. The summed E-state index contributed by atoms with van der Waals surface area (Å²) < 4.78 is 4.45. The average molecular weight is 267 g/mol. The molecule has 5 nitrogen and oxygen atoms in total. The highest BCUT2D eigenvalue weighted by molar-refractivity contribution is 5.96. The Balaban J connectivity index is 0.00000154. The molecule has 0 spiro atoms. The summed E-state index contributed by atoms with van der Waals surface area (Å²) in [6.45, 7) is 5.41. The van der Waals surface area contributed by atoms with Gasteiger partial charge in [-0.05, 0) is 19.1 Å². The summed E-state index contributed by atoms with van der Waals surface area (Å²) in [7, 11) is 1.20. The second-order valence-corrected chi connectivity index (χ2v) is 3.60. The lowest BCUT2D eigenvalue weighted by molar-refractivity contribution is -0.143. The number of carbonyl (C=O) groups is 2. The second kappa shape index (κ2) is 9.10. The van der Waals surface area contributed by atoms with Crippen LogP contribution in [-0.2, 0) is 9.53 Å². The second-order valence-electron chi connectivity index (χ2n) is 3.60. The SMILES string of the molecule is CC.COC(=O)C(CO)NC(=O)c1ccc(C)cc1. The number of carbonyl (C=O) groups excluding carboxylic acids is 2. The lowest BCUT2D eigenvalue weighted by atomic mass is 10.1. The van der Waals surface area contributed by atoms with E-state index in [0.717, 1.165) is 5.56 Å². The molecule has 0 fully saturated rings. The zero-order chi connectivity index (χ0) is 14.8. The minimum atomic E-state index is -1.03. The standard InChI is InChI=1S/C12H15NO4.C2H6/c1-8-3-5-9(6-4-8)11(15)13-10(7-14)12(16)17-2;1-2/h3-6,10,14H,7H2,1-2H3,(H,13,15);1-2H3. The summed E-state index contributed by atoms with van der Waals surface area (Å²) >= 11 is 0. The van der Waals surface area contributed by atoms with Gasteiger partial charge in [0.05, 0.1) is 13.7 Å². The van der Waals surface area contributed by atoms with E-state index in [1.165, 1.54) is 7.11 Å². The van der Waals surface area contributed by atoms with Crippen LogP contribution in [-0.4, -0.2) is 36.7 Å². The number of hydrogen-bond donors (Lipinski definition) is 2. The Labute approximate surface area is 113 Å². The summed E-state index contributed by atoms with van der Waals surface area (Å²) in [4.78, 5) is 22.9. The lowest BCUT2D eigenvalue weighted by Gasteiger charge is -2.13. The molecule has 19 heavy (non-hydrogen) atoms. The summed E-state index contributed by atoms with van der Waals surface area (Å²) in [5.41, 5.74) is 1.46. The number of aliphatic hydroxyl groups excluding tert-OH is 1. The van der Waals surface area contributed by atoms with Gasteiger partial charge in [-0.25, -0.2) is 4.79 Å². The third-order valence-corrected chi connectivity index (χ3v) is 2.29. The number of esters is 1. The lowest BCUT2D eigenvalue weighted by Crippen LogP contribution is -2.44. The fourth-order valence-electron chi connectivity index (χ4n) is 1.27. The number of rotatable bonds is 4. The van der Waals surface area contributed by atoms with Gasteiger partial charge in [-0.3, -0.25) is 4.79 Å². The van der Waals surface area contributed by atoms with E-state index in [2.05, 4.69) is 10.1 Å². The summed E-state index contributed by atoms with van der Waals surface area (Å²) in [5, 5.41) is 11.3. The van der Waals surface area contributed by atoms with Crippen LogP contribution in [0.5, 0.6) is 0 Å². The van der Waals surface area contributed by atoms with Crippen LogP contribution >= 0.6 is 0 Å². The van der Waals surface area contributed by atoms with Crippen LogP contribution in [0.4, 0.5) is 0 Å². The van der Waals surface area contributed by atoms with E-state index >= 15 is 0 Å². The largest absolute Gasteiger partial charge is 0.467 e.